The van der Waals surface area contributed by atoms with Crippen LogP contribution in [0.3, 0.4) is 0 Å². The van der Waals surface area contributed by atoms with E-state index in [0.29, 0.717) is 0 Å². The minimum absolute atomic E-state index is 0. The summed E-state index contributed by atoms with van der Waals surface area (Å²) in [5.41, 5.74) is 0. The van der Waals surface area contributed by atoms with Crippen LogP contribution in [0.4, 0.5) is 0 Å². The fourth-order valence-corrected chi connectivity index (χ4v) is 1.95. The SMILES string of the molecule is Cn1ccnc1.Cn1ccnc1.Cn1ccnc1.Cn1ccnc1.Cn1ccnc1.Cn1ccnc1.O.O.[Cl-].[Cl-].[Fe+2]. The van der Waals surface area contributed by atoms with Crippen LogP contribution in [-0.2, 0) is 59.4 Å². The van der Waals surface area contributed by atoms with Gasteiger partial charge < -0.3 is 63.2 Å². The van der Waals surface area contributed by atoms with E-state index in [1.807, 2.05) is 107 Å². The van der Waals surface area contributed by atoms with E-state index in [-0.39, 0.29) is 52.8 Å². The maximum absolute atomic E-state index is 3.78. The van der Waals surface area contributed by atoms with Gasteiger partial charge >= 0.3 is 17.1 Å². The molecule has 0 aromatic carbocycles. The van der Waals surface area contributed by atoms with Crippen molar-refractivity contribution in [1.82, 2.24) is 57.3 Å². The standard InChI is InChI=1S/6C4H6N2.2ClH.Fe.2H2O/c6*1-6-3-2-5-4-6;;;;;/h6*2-4H,1H3;2*1H;;2*1H2/q;;;;;;;;+2;;/p-2. The molecule has 6 heterocycles. The molecular weight excluding hydrogens is 615 g/mol. The molecule has 0 fully saturated rings. The van der Waals surface area contributed by atoms with Crippen molar-refractivity contribution < 1.29 is 52.8 Å². The Hall–Kier alpha value is -3.72. The Morgan fingerprint density at radius 3 is 0.463 bits per heavy atom. The largest absolute Gasteiger partial charge is 2.00 e. The Labute approximate surface area is 264 Å². The third-order valence-corrected chi connectivity index (χ3v) is 3.82. The van der Waals surface area contributed by atoms with Crippen molar-refractivity contribution >= 4 is 0 Å². The van der Waals surface area contributed by atoms with Gasteiger partial charge in [0.25, 0.3) is 0 Å². The molecule has 0 aliphatic rings. The zero-order chi connectivity index (χ0) is 26.4. The number of imidazole rings is 6. The van der Waals surface area contributed by atoms with Crippen LogP contribution in [-0.4, -0.2) is 68.3 Å². The maximum atomic E-state index is 3.78. The van der Waals surface area contributed by atoms with Crippen LogP contribution < -0.4 is 24.8 Å². The molecule has 0 aliphatic heterocycles. The minimum Gasteiger partial charge on any atom is -1.00 e. The molecule has 0 saturated carbocycles. The quantitative estimate of drug-likeness (QED) is 0.148. The van der Waals surface area contributed by atoms with Gasteiger partial charge in [-0.25, -0.2) is 29.9 Å². The first-order valence-electron chi connectivity index (χ1n) is 10.9. The monoisotopic (exact) mass is 654 g/mol. The van der Waals surface area contributed by atoms with Gasteiger partial charge in [-0.2, -0.15) is 0 Å². The van der Waals surface area contributed by atoms with E-state index >= 15 is 0 Å². The van der Waals surface area contributed by atoms with Crippen molar-refractivity contribution in [2.75, 3.05) is 0 Å². The summed E-state index contributed by atoms with van der Waals surface area (Å²) < 4.78 is 11.3. The van der Waals surface area contributed by atoms with E-state index < -0.39 is 0 Å². The summed E-state index contributed by atoms with van der Waals surface area (Å²) in [5, 5.41) is 0. The fraction of sp³-hybridized carbons (Fsp3) is 0.250. The van der Waals surface area contributed by atoms with Gasteiger partial charge in [-0.05, 0) is 0 Å². The molecule has 0 saturated heterocycles. The van der Waals surface area contributed by atoms with Gasteiger partial charge in [0.1, 0.15) is 0 Å². The van der Waals surface area contributed by atoms with Crippen molar-refractivity contribution in [3.8, 4) is 0 Å². The second-order valence-electron chi connectivity index (χ2n) is 7.37. The van der Waals surface area contributed by atoms with Crippen LogP contribution >= 0.6 is 0 Å². The Bertz CT molecular complexity index is 934. The first-order chi connectivity index (χ1) is 17.4. The molecule has 6 aromatic rings. The van der Waals surface area contributed by atoms with Crippen LogP contribution in [0.2, 0.25) is 0 Å². The predicted molar refractivity (Wildman–Crippen MR) is 146 cm³/mol. The summed E-state index contributed by atoms with van der Waals surface area (Å²) in [6.45, 7) is 0. The molecule has 0 radical (unpaired) electrons. The van der Waals surface area contributed by atoms with E-state index in [2.05, 4.69) is 29.9 Å². The molecule has 17 heteroatoms. The van der Waals surface area contributed by atoms with Gasteiger partial charge in [0.05, 0.1) is 38.0 Å². The molecule has 0 aliphatic carbocycles. The van der Waals surface area contributed by atoms with Crippen LogP contribution in [0.15, 0.2) is 112 Å². The molecule has 0 atom stereocenters. The van der Waals surface area contributed by atoms with E-state index in [0.717, 1.165) is 0 Å². The maximum Gasteiger partial charge on any atom is 2.00 e. The zero-order valence-electron chi connectivity index (χ0n) is 23.9. The first kappa shape index (κ1) is 47.1. The first-order valence-corrected chi connectivity index (χ1v) is 10.9. The van der Waals surface area contributed by atoms with E-state index in [1.165, 1.54) is 0 Å². The fourth-order valence-electron chi connectivity index (χ4n) is 1.95. The molecule has 4 N–H and O–H groups in total. The molecule has 6 rings (SSSR count). The van der Waals surface area contributed by atoms with E-state index in [9.17, 15) is 0 Å². The molecular formula is C24H40Cl2FeN12O2. The normalized spacial score (nSPS) is 7.76. The third kappa shape index (κ3) is 29.1. The number of aromatic nitrogens is 12. The average Bonchev–Trinajstić information content (AvgIpc) is 3.67. The topological polar surface area (TPSA) is 170 Å². The molecule has 0 amide bonds. The molecule has 14 nitrogen and oxygen atoms in total. The number of halogens is 2. The third-order valence-electron chi connectivity index (χ3n) is 3.82. The van der Waals surface area contributed by atoms with Gasteiger partial charge in [0, 0.05) is 117 Å². The van der Waals surface area contributed by atoms with Gasteiger partial charge in [-0.1, -0.05) is 0 Å². The smallest absolute Gasteiger partial charge is 1.00 e. The van der Waals surface area contributed by atoms with Crippen LogP contribution in [0.25, 0.3) is 0 Å². The molecule has 0 bridgehead atoms. The van der Waals surface area contributed by atoms with Crippen LogP contribution in [0.1, 0.15) is 0 Å². The van der Waals surface area contributed by atoms with Crippen LogP contribution in [0, 0.1) is 0 Å². The van der Waals surface area contributed by atoms with Gasteiger partial charge in [-0.3, -0.25) is 0 Å². The predicted octanol–water partition coefficient (Wildman–Crippen LogP) is -5.12. The molecule has 0 spiro atoms. The van der Waals surface area contributed by atoms with E-state index in [4.69, 9.17) is 0 Å². The van der Waals surface area contributed by atoms with Crippen LogP contribution in [0.5, 0.6) is 0 Å². The summed E-state index contributed by atoms with van der Waals surface area (Å²) in [7, 11) is 11.6. The number of aryl methyl sites for hydroxylation is 6. The summed E-state index contributed by atoms with van der Waals surface area (Å²) in [5.74, 6) is 0. The number of nitrogens with zero attached hydrogens (tertiary/aromatic N) is 12. The summed E-state index contributed by atoms with van der Waals surface area (Å²) in [6.07, 6.45) is 32.3. The van der Waals surface area contributed by atoms with Crippen molar-refractivity contribution in [3.05, 3.63) is 112 Å². The Balaban J connectivity index is -0.000000123. The Morgan fingerprint density at radius 1 is 0.317 bits per heavy atom. The molecule has 6 aromatic heterocycles. The minimum atomic E-state index is 0. The van der Waals surface area contributed by atoms with E-state index in [1.54, 1.807) is 75.1 Å². The number of rotatable bonds is 0. The second-order valence-corrected chi connectivity index (χ2v) is 7.37. The summed E-state index contributed by atoms with van der Waals surface area (Å²) >= 11 is 0. The zero-order valence-corrected chi connectivity index (χ0v) is 26.5. The van der Waals surface area contributed by atoms with Crippen molar-refractivity contribution in [3.63, 3.8) is 0 Å². The van der Waals surface area contributed by atoms with Crippen molar-refractivity contribution in [2.24, 2.45) is 42.3 Å². The van der Waals surface area contributed by atoms with Gasteiger partial charge in [0.2, 0.25) is 0 Å². The second kappa shape index (κ2) is 30.8. The molecule has 230 valence electrons. The number of hydrogen-bond donors (Lipinski definition) is 0. The van der Waals surface area contributed by atoms with Crippen molar-refractivity contribution in [1.29, 1.82) is 0 Å². The molecule has 0 unspecified atom stereocenters. The Kier molecular flexibility index (Phi) is 35.4. The summed E-state index contributed by atoms with van der Waals surface area (Å²) in [4.78, 5) is 22.7. The average molecular weight is 655 g/mol. The van der Waals surface area contributed by atoms with Gasteiger partial charge in [-0.15, -0.1) is 0 Å². The Morgan fingerprint density at radius 2 is 0.439 bits per heavy atom. The number of hydrogen-bond acceptors (Lipinski definition) is 6. The summed E-state index contributed by atoms with van der Waals surface area (Å²) in [6, 6.07) is 0. The van der Waals surface area contributed by atoms with Gasteiger partial charge in [0.15, 0.2) is 0 Å². The molecule has 41 heavy (non-hydrogen) atoms. The van der Waals surface area contributed by atoms with Crippen molar-refractivity contribution in [2.45, 2.75) is 0 Å².